The summed E-state index contributed by atoms with van der Waals surface area (Å²) >= 11 is 3.41. The molecule has 0 aliphatic carbocycles. The molecule has 1 heterocycles. The monoisotopic (exact) mass is 313 g/mol. The number of nitrogens with zero attached hydrogens (tertiary/aromatic N) is 1. The smallest absolute Gasteiger partial charge is 0.410 e. The topological polar surface area (TPSA) is 66.8 Å². The molecule has 0 fully saturated rings. The number of carbonyl (C=O) groups is 2. The molecule has 1 aliphatic heterocycles. The van der Waals surface area contributed by atoms with Crippen molar-refractivity contribution in [1.82, 2.24) is 4.90 Å². The van der Waals surface area contributed by atoms with Gasteiger partial charge in [0.15, 0.2) is 6.04 Å². The summed E-state index contributed by atoms with van der Waals surface area (Å²) in [5, 5.41) is 9.33. The SMILES string of the molecule is COC(=O)N1CCc2c(Br)cccc2[C@@H]1C(=O)O. The van der Waals surface area contributed by atoms with E-state index in [1.807, 2.05) is 6.07 Å². The molecule has 0 spiro atoms. The van der Waals surface area contributed by atoms with Gasteiger partial charge < -0.3 is 9.84 Å². The Morgan fingerprint density at radius 2 is 2.22 bits per heavy atom. The predicted molar refractivity (Wildman–Crippen MR) is 67.3 cm³/mol. The molecule has 0 aromatic heterocycles. The van der Waals surface area contributed by atoms with Crippen molar-refractivity contribution >= 4 is 28.0 Å². The first-order chi connectivity index (χ1) is 8.56. The number of amides is 1. The summed E-state index contributed by atoms with van der Waals surface area (Å²) in [5.41, 5.74) is 1.57. The number of halogens is 1. The second kappa shape index (κ2) is 4.97. The number of rotatable bonds is 1. The van der Waals surface area contributed by atoms with Crippen LogP contribution in [0.4, 0.5) is 4.79 Å². The van der Waals surface area contributed by atoms with Gasteiger partial charge in [0.1, 0.15) is 0 Å². The molecule has 2 rings (SSSR count). The number of carboxylic acid groups (broad SMARTS) is 1. The van der Waals surface area contributed by atoms with Crippen LogP contribution in [0.25, 0.3) is 0 Å². The average Bonchev–Trinajstić information content (AvgIpc) is 2.36. The molecular weight excluding hydrogens is 302 g/mol. The van der Waals surface area contributed by atoms with Crippen LogP contribution >= 0.6 is 15.9 Å². The molecule has 1 aliphatic rings. The summed E-state index contributed by atoms with van der Waals surface area (Å²) < 4.78 is 5.50. The third kappa shape index (κ3) is 2.08. The number of carbonyl (C=O) groups excluding carboxylic acids is 1. The maximum atomic E-state index is 11.6. The molecule has 1 atom stereocenters. The highest BCUT2D eigenvalue weighted by atomic mass is 79.9. The number of aliphatic carboxylic acids is 1. The first-order valence-corrected chi connectivity index (χ1v) is 6.20. The highest BCUT2D eigenvalue weighted by Gasteiger charge is 2.37. The fourth-order valence-corrected chi connectivity index (χ4v) is 2.78. The number of methoxy groups -OCH3 is 1. The van der Waals surface area contributed by atoms with E-state index in [0.29, 0.717) is 18.5 Å². The van der Waals surface area contributed by atoms with Crippen LogP contribution in [0.15, 0.2) is 22.7 Å². The molecular formula is C12H12BrNO4. The van der Waals surface area contributed by atoms with Gasteiger partial charge in [0.05, 0.1) is 7.11 Å². The molecule has 18 heavy (non-hydrogen) atoms. The van der Waals surface area contributed by atoms with Gasteiger partial charge in [0.2, 0.25) is 0 Å². The summed E-state index contributed by atoms with van der Waals surface area (Å²) in [6.07, 6.45) is -0.0108. The minimum Gasteiger partial charge on any atom is -0.479 e. The van der Waals surface area contributed by atoms with E-state index in [1.54, 1.807) is 12.1 Å². The molecule has 1 aromatic carbocycles. The Balaban J connectivity index is 2.49. The molecule has 1 aromatic rings. The van der Waals surface area contributed by atoms with E-state index < -0.39 is 18.1 Å². The van der Waals surface area contributed by atoms with E-state index in [2.05, 4.69) is 20.7 Å². The summed E-state index contributed by atoms with van der Waals surface area (Å²) in [6, 6.07) is 4.37. The maximum Gasteiger partial charge on any atom is 0.410 e. The third-order valence-electron chi connectivity index (χ3n) is 3.01. The van der Waals surface area contributed by atoms with Gasteiger partial charge in [-0.15, -0.1) is 0 Å². The van der Waals surface area contributed by atoms with Gasteiger partial charge in [-0.1, -0.05) is 28.1 Å². The van der Waals surface area contributed by atoms with Crippen LogP contribution in [0.3, 0.4) is 0 Å². The normalized spacial score (nSPS) is 18.1. The lowest BCUT2D eigenvalue weighted by atomic mass is 9.93. The zero-order valence-corrected chi connectivity index (χ0v) is 11.3. The second-order valence-electron chi connectivity index (χ2n) is 3.96. The predicted octanol–water partition coefficient (Wildman–Crippen LogP) is 2.20. The van der Waals surface area contributed by atoms with Crippen LogP contribution in [-0.2, 0) is 16.0 Å². The lowest BCUT2D eigenvalue weighted by molar-refractivity contribution is -0.143. The maximum absolute atomic E-state index is 11.6. The van der Waals surface area contributed by atoms with Crippen molar-refractivity contribution in [2.24, 2.45) is 0 Å². The molecule has 0 saturated heterocycles. The molecule has 96 valence electrons. The van der Waals surface area contributed by atoms with Crippen molar-refractivity contribution in [2.75, 3.05) is 13.7 Å². The van der Waals surface area contributed by atoms with Crippen LogP contribution in [0.1, 0.15) is 17.2 Å². The summed E-state index contributed by atoms with van der Waals surface area (Å²) in [7, 11) is 1.25. The van der Waals surface area contributed by atoms with Gasteiger partial charge in [-0.05, 0) is 23.6 Å². The fourth-order valence-electron chi connectivity index (χ4n) is 2.20. The standard InChI is InChI=1S/C12H12BrNO4/c1-18-12(17)14-6-5-7-8(10(14)11(15)16)3-2-4-9(7)13/h2-4,10H,5-6H2,1H3,(H,15,16)/t10-/m1/s1. The molecule has 0 bridgehead atoms. The number of fused-ring (bicyclic) bond motifs is 1. The van der Waals surface area contributed by atoms with Crippen molar-refractivity contribution in [3.05, 3.63) is 33.8 Å². The van der Waals surface area contributed by atoms with E-state index in [-0.39, 0.29) is 0 Å². The summed E-state index contributed by atoms with van der Waals surface area (Å²) in [6.45, 7) is 0.333. The van der Waals surface area contributed by atoms with Crippen LogP contribution in [0, 0.1) is 0 Å². The van der Waals surface area contributed by atoms with Crippen molar-refractivity contribution in [2.45, 2.75) is 12.5 Å². The van der Waals surface area contributed by atoms with E-state index in [1.165, 1.54) is 12.0 Å². The van der Waals surface area contributed by atoms with E-state index >= 15 is 0 Å². The van der Waals surface area contributed by atoms with E-state index in [0.717, 1.165) is 10.0 Å². The fraction of sp³-hybridized carbons (Fsp3) is 0.333. The van der Waals surface area contributed by atoms with Crippen molar-refractivity contribution in [3.8, 4) is 0 Å². The van der Waals surface area contributed by atoms with Gasteiger partial charge in [-0.25, -0.2) is 9.59 Å². The van der Waals surface area contributed by atoms with Crippen LogP contribution in [-0.4, -0.2) is 35.7 Å². The largest absolute Gasteiger partial charge is 0.479 e. The molecule has 0 radical (unpaired) electrons. The summed E-state index contributed by atoms with van der Waals surface area (Å²) in [4.78, 5) is 24.2. The van der Waals surface area contributed by atoms with Crippen LogP contribution < -0.4 is 0 Å². The number of carboxylic acids is 1. The van der Waals surface area contributed by atoms with Crippen LogP contribution in [0.5, 0.6) is 0 Å². The molecule has 1 N–H and O–H groups in total. The highest BCUT2D eigenvalue weighted by molar-refractivity contribution is 9.10. The van der Waals surface area contributed by atoms with Gasteiger partial charge >= 0.3 is 12.1 Å². The second-order valence-corrected chi connectivity index (χ2v) is 4.82. The Labute approximate surface area is 112 Å². The van der Waals surface area contributed by atoms with Gasteiger partial charge in [-0.2, -0.15) is 0 Å². The van der Waals surface area contributed by atoms with Crippen LogP contribution in [0.2, 0.25) is 0 Å². The lowest BCUT2D eigenvalue weighted by Gasteiger charge is -2.33. The quantitative estimate of drug-likeness (QED) is 0.863. The number of hydrogen-bond acceptors (Lipinski definition) is 3. The summed E-state index contributed by atoms with van der Waals surface area (Å²) in [5.74, 6) is -1.06. The van der Waals surface area contributed by atoms with E-state index in [4.69, 9.17) is 0 Å². The average molecular weight is 314 g/mol. The highest BCUT2D eigenvalue weighted by Crippen LogP contribution is 2.34. The van der Waals surface area contributed by atoms with Gasteiger partial charge in [0.25, 0.3) is 0 Å². The zero-order valence-electron chi connectivity index (χ0n) is 9.72. The Kier molecular flexibility index (Phi) is 3.56. The Bertz CT molecular complexity index is 503. The Morgan fingerprint density at radius 1 is 1.50 bits per heavy atom. The zero-order chi connectivity index (χ0) is 13.3. The Morgan fingerprint density at radius 3 is 2.83 bits per heavy atom. The van der Waals surface area contributed by atoms with E-state index in [9.17, 15) is 14.7 Å². The van der Waals surface area contributed by atoms with Gasteiger partial charge in [-0.3, -0.25) is 4.90 Å². The molecule has 0 unspecified atom stereocenters. The lowest BCUT2D eigenvalue weighted by Crippen LogP contribution is -2.43. The Hall–Kier alpha value is -1.56. The van der Waals surface area contributed by atoms with Crippen molar-refractivity contribution in [3.63, 3.8) is 0 Å². The molecule has 0 saturated carbocycles. The number of benzene rings is 1. The minimum absolute atomic E-state index is 0.333. The molecule has 1 amide bonds. The number of ether oxygens (including phenoxy) is 1. The van der Waals surface area contributed by atoms with Gasteiger partial charge in [0, 0.05) is 11.0 Å². The first kappa shape index (κ1) is 12.9. The molecule has 6 heteroatoms. The third-order valence-corrected chi connectivity index (χ3v) is 3.75. The molecule has 5 nitrogen and oxygen atoms in total. The number of hydrogen-bond donors (Lipinski definition) is 1. The van der Waals surface area contributed by atoms with Crippen molar-refractivity contribution in [1.29, 1.82) is 0 Å². The minimum atomic E-state index is -1.06. The first-order valence-electron chi connectivity index (χ1n) is 5.41. The van der Waals surface area contributed by atoms with Crippen molar-refractivity contribution < 1.29 is 19.4 Å².